The van der Waals surface area contributed by atoms with E-state index in [1.165, 1.54) is 4.88 Å². The van der Waals surface area contributed by atoms with Gasteiger partial charge in [-0.1, -0.05) is 13.8 Å². The van der Waals surface area contributed by atoms with Gasteiger partial charge in [-0.25, -0.2) is 0 Å². The van der Waals surface area contributed by atoms with Gasteiger partial charge in [0.15, 0.2) is 0 Å². The van der Waals surface area contributed by atoms with E-state index < -0.39 is 0 Å². The van der Waals surface area contributed by atoms with Crippen LogP contribution in [0.1, 0.15) is 31.6 Å². The molecule has 80 valence electrons. The normalized spacial score (nSPS) is 12.0. The first-order valence-corrected chi connectivity index (χ1v) is 6.67. The van der Waals surface area contributed by atoms with Crippen molar-refractivity contribution in [2.24, 2.45) is 5.41 Å². The third kappa shape index (κ3) is 2.81. The summed E-state index contributed by atoms with van der Waals surface area (Å²) in [5.74, 6) is 0. The Morgan fingerprint density at radius 2 is 2.07 bits per heavy atom. The highest BCUT2D eigenvalue weighted by atomic mass is 79.9. The standard InChI is InChI=1S/C11H17BrOS/c1-3-11(4-2,8-13)6-10-5-9(12)7-14-10/h5,7,13H,3-4,6,8H2,1-2H3. The number of thiophene rings is 1. The van der Waals surface area contributed by atoms with Gasteiger partial charge in [-0.2, -0.15) is 0 Å². The molecule has 1 heterocycles. The minimum atomic E-state index is 0.0876. The molecule has 0 radical (unpaired) electrons. The van der Waals surface area contributed by atoms with Crippen LogP contribution in [0.3, 0.4) is 0 Å². The van der Waals surface area contributed by atoms with Gasteiger partial charge >= 0.3 is 0 Å². The Morgan fingerprint density at radius 1 is 1.43 bits per heavy atom. The molecule has 0 bridgehead atoms. The predicted octanol–water partition coefficient (Wildman–Crippen LogP) is 3.85. The lowest BCUT2D eigenvalue weighted by Crippen LogP contribution is -2.26. The average Bonchev–Trinajstić information content (AvgIpc) is 2.61. The zero-order valence-corrected chi connectivity index (χ0v) is 11.1. The molecule has 1 nitrogen and oxygen atoms in total. The largest absolute Gasteiger partial charge is 0.396 e. The Hall–Kier alpha value is 0.140. The van der Waals surface area contributed by atoms with Crippen molar-refractivity contribution in [1.29, 1.82) is 0 Å². The van der Waals surface area contributed by atoms with Gasteiger partial charge in [0.1, 0.15) is 0 Å². The number of hydrogen-bond acceptors (Lipinski definition) is 2. The molecule has 0 atom stereocenters. The van der Waals surface area contributed by atoms with E-state index in [0.717, 1.165) is 23.7 Å². The molecule has 1 aromatic heterocycles. The minimum absolute atomic E-state index is 0.0876. The number of aliphatic hydroxyl groups excluding tert-OH is 1. The molecular weight excluding hydrogens is 260 g/mol. The predicted molar refractivity (Wildman–Crippen MR) is 65.8 cm³/mol. The summed E-state index contributed by atoms with van der Waals surface area (Å²) in [5, 5.41) is 11.5. The molecule has 0 unspecified atom stereocenters. The zero-order valence-electron chi connectivity index (χ0n) is 8.72. The van der Waals surface area contributed by atoms with E-state index in [9.17, 15) is 5.11 Å². The molecular formula is C11H17BrOS. The molecule has 1 aromatic rings. The van der Waals surface area contributed by atoms with E-state index >= 15 is 0 Å². The van der Waals surface area contributed by atoms with Crippen LogP contribution in [0, 0.1) is 5.41 Å². The van der Waals surface area contributed by atoms with Crippen molar-refractivity contribution in [1.82, 2.24) is 0 Å². The molecule has 0 spiro atoms. The van der Waals surface area contributed by atoms with Gasteiger partial charge in [0.2, 0.25) is 0 Å². The number of halogens is 1. The highest BCUT2D eigenvalue weighted by Gasteiger charge is 2.26. The molecule has 0 amide bonds. The van der Waals surface area contributed by atoms with Crippen LogP contribution in [-0.2, 0) is 6.42 Å². The second-order valence-electron chi connectivity index (χ2n) is 3.77. The van der Waals surface area contributed by atoms with Gasteiger partial charge in [-0.05, 0) is 46.7 Å². The Balaban J connectivity index is 2.73. The van der Waals surface area contributed by atoms with Gasteiger partial charge in [0.05, 0.1) is 0 Å². The van der Waals surface area contributed by atoms with Crippen LogP contribution >= 0.6 is 27.3 Å². The molecule has 3 heteroatoms. The third-order valence-corrected chi connectivity index (χ3v) is 4.70. The molecule has 0 saturated carbocycles. The Labute approximate surface area is 98.3 Å². The molecule has 0 aromatic carbocycles. The summed E-state index contributed by atoms with van der Waals surface area (Å²) >= 11 is 5.22. The fourth-order valence-electron chi connectivity index (χ4n) is 1.60. The molecule has 0 aliphatic heterocycles. The van der Waals surface area contributed by atoms with Crippen molar-refractivity contribution in [2.45, 2.75) is 33.1 Å². The maximum Gasteiger partial charge on any atom is 0.0490 e. The summed E-state index contributed by atoms with van der Waals surface area (Å²) in [6, 6.07) is 2.15. The maximum atomic E-state index is 9.44. The summed E-state index contributed by atoms with van der Waals surface area (Å²) in [6.45, 7) is 4.60. The summed E-state index contributed by atoms with van der Waals surface area (Å²) in [4.78, 5) is 1.36. The smallest absolute Gasteiger partial charge is 0.0490 e. The van der Waals surface area contributed by atoms with Crippen molar-refractivity contribution in [3.05, 3.63) is 20.8 Å². The molecule has 1 N–H and O–H groups in total. The van der Waals surface area contributed by atoms with E-state index in [-0.39, 0.29) is 12.0 Å². The van der Waals surface area contributed by atoms with Crippen molar-refractivity contribution in [2.75, 3.05) is 6.61 Å². The number of rotatable bonds is 5. The van der Waals surface area contributed by atoms with Crippen molar-refractivity contribution in [3.63, 3.8) is 0 Å². The topological polar surface area (TPSA) is 20.2 Å². The fraction of sp³-hybridized carbons (Fsp3) is 0.636. The van der Waals surface area contributed by atoms with Gasteiger partial charge in [0.25, 0.3) is 0 Å². The van der Waals surface area contributed by atoms with Gasteiger partial charge in [-0.15, -0.1) is 11.3 Å². The van der Waals surface area contributed by atoms with Crippen molar-refractivity contribution in [3.8, 4) is 0 Å². The summed E-state index contributed by atoms with van der Waals surface area (Å²) < 4.78 is 1.15. The molecule has 0 saturated heterocycles. The second-order valence-corrected chi connectivity index (χ2v) is 5.68. The lowest BCUT2D eigenvalue weighted by atomic mass is 9.80. The van der Waals surface area contributed by atoms with Gasteiger partial charge in [-0.3, -0.25) is 0 Å². The summed E-state index contributed by atoms with van der Waals surface area (Å²) in [6.07, 6.45) is 3.07. The summed E-state index contributed by atoms with van der Waals surface area (Å²) in [7, 11) is 0. The van der Waals surface area contributed by atoms with Gasteiger partial charge in [0, 0.05) is 21.3 Å². The highest BCUT2D eigenvalue weighted by Crippen LogP contribution is 2.33. The van der Waals surface area contributed by atoms with Crippen LogP contribution in [0.15, 0.2) is 15.9 Å². The number of hydrogen-bond donors (Lipinski definition) is 1. The minimum Gasteiger partial charge on any atom is -0.396 e. The first kappa shape index (κ1) is 12.2. The average molecular weight is 277 g/mol. The first-order valence-electron chi connectivity index (χ1n) is 4.99. The highest BCUT2D eigenvalue weighted by molar-refractivity contribution is 9.10. The Kier molecular flexibility index (Phi) is 4.61. The van der Waals surface area contributed by atoms with Crippen molar-refractivity contribution < 1.29 is 5.11 Å². The third-order valence-electron chi connectivity index (χ3n) is 3.01. The van der Waals surface area contributed by atoms with Crippen LogP contribution in [0.4, 0.5) is 0 Å². The summed E-state index contributed by atoms with van der Waals surface area (Å²) in [5.41, 5.74) is 0.0876. The van der Waals surface area contributed by atoms with E-state index in [1.807, 2.05) is 0 Å². The molecule has 0 aliphatic rings. The van der Waals surface area contributed by atoms with Crippen LogP contribution < -0.4 is 0 Å². The molecule has 1 rings (SSSR count). The van der Waals surface area contributed by atoms with Crippen LogP contribution in [0.25, 0.3) is 0 Å². The van der Waals surface area contributed by atoms with E-state index in [1.54, 1.807) is 11.3 Å². The maximum absolute atomic E-state index is 9.44. The van der Waals surface area contributed by atoms with Gasteiger partial charge < -0.3 is 5.11 Å². The SMILES string of the molecule is CCC(CC)(CO)Cc1cc(Br)cs1. The lowest BCUT2D eigenvalue weighted by Gasteiger charge is -2.28. The number of aliphatic hydroxyl groups is 1. The first-order chi connectivity index (χ1) is 6.65. The monoisotopic (exact) mass is 276 g/mol. The van der Waals surface area contributed by atoms with Crippen LogP contribution in [0.5, 0.6) is 0 Å². The second kappa shape index (κ2) is 5.29. The molecule has 14 heavy (non-hydrogen) atoms. The Bertz CT molecular complexity index is 270. The van der Waals surface area contributed by atoms with E-state index in [0.29, 0.717) is 0 Å². The van der Waals surface area contributed by atoms with Crippen LogP contribution in [0.2, 0.25) is 0 Å². The van der Waals surface area contributed by atoms with E-state index in [2.05, 4.69) is 41.2 Å². The quantitative estimate of drug-likeness (QED) is 0.866. The van der Waals surface area contributed by atoms with E-state index in [4.69, 9.17) is 0 Å². The molecule has 0 aliphatic carbocycles. The Morgan fingerprint density at radius 3 is 2.43 bits per heavy atom. The van der Waals surface area contributed by atoms with Crippen molar-refractivity contribution >= 4 is 27.3 Å². The lowest BCUT2D eigenvalue weighted by molar-refractivity contribution is 0.116. The van der Waals surface area contributed by atoms with Crippen LogP contribution in [-0.4, -0.2) is 11.7 Å². The fourth-order valence-corrected chi connectivity index (χ4v) is 3.22. The zero-order chi connectivity index (χ0) is 10.6. The molecule has 0 fully saturated rings.